The summed E-state index contributed by atoms with van der Waals surface area (Å²) in [6.07, 6.45) is 0. The molecule has 122 valence electrons. The first kappa shape index (κ1) is 17.1. The zero-order valence-corrected chi connectivity index (χ0v) is 14.2. The van der Waals surface area contributed by atoms with Gasteiger partial charge in [-0.05, 0) is 45.4 Å². The number of aromatic hydroxyl groups is 1. The summed E-state index contributed by atoms with van der Waals surface area (Å²) in [7, 11) is 0. The van der Waals surface area contributed by atoms with Crippen LogP contribution in [0.2, 0.25) is 5.02 Å². The molecule has 0 bridgehead atoms. The third-order valence-corrected chi connectivity index (χ3v) is 3.80. The minimum absolute atomic E-state index is 0.0701. The molecule has 6 nitrogen and oxygen atoms in total. The number of ether oxygens (including phenoxy) is 1. The van der Waals surface area contributed by atoms with E-state index in [0.717, 1.165) is 4.57 Å². The summed E-state index contributed by atoms with van der Waals surface area (Å²) < 4.78 is 6.69. The molecular formula is C16H18ClN3O3. The summed E-state index contributed by atoms with van der Waals surface area (Å²) in [5.74, 6) is -0.233. The zero-order valence-electron chi connectivity index (χ0n) is 13.4. The Morgan fingerprint density at radius 1 is 1.43 bits per heavy atom. The van der Waals surface area contributed by atoms with Crippen LogP contribution in [0.15, 0.2) is 16.9 Å². The molecule has 2 aromatic rings. The van der Waals surface area contributed by atoms with Gasteiger partial charge in [-0.1, -0.05) is 11.6 Å². The molecule has 0 amide bonds. The van der Waals surface area contributed by atoms with E-state index in [1.54, 1.807) is 13.0 Å². The third-order valence-electron chi connectivity index (χ3n) is 3.31. The van der Waals surface area contributed by atoms with Crippen molar-refractivity contribution in [1.82, 2.24) is 9.55 Å². The molecule has 0 aliphatic carbocycles. The molecule has 1 heterocycles. The highest BCUT2D eigenvalue weighted by Gasteiger charge is 2.20. The van der Waals surface area contributed by atoms with E-state index in [1.165, 1.54) is 6.07 Å². The Balaban J connectivity index is 2.50. The topological polar surface area (TPSA) is 91.0 Å². The van der Waals surface area contributed by atoms with Gasteiger partial charge in [-0.3, -0.25) is 0 Å². The maximum atomic E-state index is 12.2. The highest BCUT2D eigenvalue weighted by molar-refractivity contribution is 6.32. The van der Waals surface area contributed by atoms with E-state index in [9.17, 15) is 9.90 Å². The van der Waals surface area contributed by atoms with Gasteiger partial charge < -0.3 is 14.8 Å². The number of hydrogen-bond acceptors (Lipinski definition) is 4. The van der Waals surface area contributed by atoms with Crippen LogP contribution in [0.1, 0.15) is 37.6 Å². The van der Waals surface area contributed by atoms with Crippen molar-refractivity contribution in [3.05, 3.63) is 44.5 Å². The predicted molar refractivity (Wildman–Crippen MR) is 87.1 cm³/mol. The second-order valence-corrected chi connectivity index (χ2v) is 6.53. The second-order valence-electron chi connectivity index (χ2n) is 6.15. The highest BCUT2D eigenvalue weighted by Crippen LogP contribution is 2.28. The van der Waals surface area contributed by atoms with Gasteiger partial charge in [0.25, 0.3) is 0 Å². The first-order valence-corrected chi connectivity index (χ1v) is 7.40. The van der Waals surface area contributed by atoms with Crippen LogP contribution < -0.4 is 5.69 Å². The molecule has 1 aromatic carbocycles. The van der Waals surface area contributed by atoms with Crippen molar-refractivity contribution in [1.29, 1.82) is 5.26 Å². The fraction of sp³-hybridized carbons (Fsp3) is 0.375. The molecule has 0 atom stereocenters. The standard InChI is InChI=1S/C16H18ClN3O3/c1-9-12(6-5-10(7-18)13(9)17)20-14(21)11(19-15(20)22)8-23-16(2,3)4/h5-6,21H,8H2,1-4H3,(H,19,22). The Labute approximate surface area is 138 Å². The Morgan fingerprint density at radius 3 is 2.65 bits per heavy atom. The van der Waals surface area contributed by atoms with Gasteiger partial charge >= 0.3 is 5.69 Å². The van der Waals surface area contributed by atoms with Gasteiger partial charge in [-0.15, -0.1) is 0 Å². The molecule has 0 aliphatic rings. The van der Waals surface area contributed by atoms with Gasteiger partial charge in [0, 0.05) is 0 Å². The van der Waals surface area contributed by atoms with Crippen molar-refractivity contribution in [3.8, 4) is 17.6 Å². The zero-order chi connectivity index (χ0) is 17.4. The summed E-state index contributed by atoms with van der Waals surface area (Å²) in [4.78, 5) is 14.8. The number of hydrogen-bond donors (Lipinski definition) is 2. The van der Waals surface area contributed by atoms with E-state index < -0.39 is 11.3 Å². The summed E-state index contributed by atoms with van der Waals surface area (Å²) in [6, 6.07) is 5.06. The lowest BCUT2D eigenvalue weighted by Crippen LogP contribution is -2.19. The minimum atomic E-state index is -0.501. The lowest BCUT2D eigenvalue weighted by Gasteiger charge is -2.18. The lowest BCUT2D eigenvalue weighted by molar-refractivity contribution is -0.0171. The summed E-state index contributed by atoms with van der Waals surface area (Å²) in [5.41, 5.74) is 0.634. The van der Waals surface area contributed by atoms with Crippen molar-refractivity contribution in [3.63, 3.8) is 0 Å². The van der Waals surface area contributed by atoms with Gasteiger partial charge in [0.15, 0.2) is 0 Å². The van der Waals surface area contributed by atoms with Crippen LogP contribution in [-0.4, -0.2) is 20.3 Å². The van der Waals surface area contributed by atoms with Gasteiger partial charge in [0.1, 0.15) is 11.8 Å². The minimum Gasteiger partial charge on any atom is -0.493 e. The molecule has 0 spiro atoms. The normalized spacial score (nSPS) is 11.5. The number of rotatable bonds is 3. The Bertz CT molecular complexity index is 838. The molecule has 7 heteroatoms. The molecule has 2 rings (SSSR count). The smallest absolute Gasteiger partial charge is 0.333 e. The number of benzene rings is 1. The van der Waals surface area contributed by atoms with Gasteiger partial charge in [-0.25, -0.2) is 9.36 Å². The Hall–Kier alpha value is -2.23. The lowest BCUT2D eigenvalue weighted by atomic mass is 10.1. The van der Waals surface area contributed by atoms with Crippen LogP contribution in [0.25, 0.3) is 5.69 Å². The van der Waals surface area contributed by atoms with E-state index in [-0.39, 0.29) is 23.2 Å². The molecule has 0 saturated carbocycles. The average Bonchev–Trinajstić information content (AvgIpc) is 2.74. The van der Waals surface area contributed by atoms with E-state index in [4.69, 9.17) is 21.6 Å². The molecule has 23 heavy (non-hydrogen) atoms. The largest absolute Gasteiger partial charge is 0.493 e. The number of halogens is 1. The number of nitrogens with one attached hydrogen (secondary N) is 1. The maximum Gasteiger partial charge on any atom is 0.333 e. The first-order valence-electron chi connectivity index (χ1n) is 7.02. The number of H-pyrrole nitrogens is 1. The van der Waals surface area contributed by atoms with Crippen LogP contribution in [0, 0.1) is 18.3 Å². The van der Waals surface area contributed by atoms with Crippen LogP contribution >= 0.6 is 11.6 Å². The van der Waals surface area contributed by atoms with Crippen molar-refractivity contribution >= 4 is 11.6 Å². The number of imidazole rings is 1. The molecule has 0 saturated heterocycles. The molecular weight excluding hydrogens is 318 g/mol. The average molecular weight is 336 g/mol. The highest BCUT2D eigenvalue weighted by atomic mass is 35.5. The monoisotopic (exact) mass is 335 g/mol. The molecule has 0 unspecified atom stereocenters. The predicted octanol–water partition coefficient (Wildman–Crippen LogP) is 3.02. The van der Waals surface area contributed by atoms with Crippen molar-refractivity contribution in [2.45, 2.75) is 39.9 Å². The van der Waals surface area contributed by atoms with Gasteiger partial charge in [-0.2, -0.15) is 5.26 Å². The van der Waals surface area contributed by atoms with Crippen molar-refractivity contribution in [2.24, 2.45) is 0 Å². The van der Waals surface area contributed by atoms with Crippen LogP contribution in [-0.2, 0) is 11.3 Å². The summed E-state index contributed by atoms with van der Waals surface area (Å²) >= 11 is 6.13. The van der Waals surface area contributed by atoms with Crippen molar-refractivity contribution in [2.75, 3.05) is 0 Å². The molecule has 0 fully saturated rings. The third kappa shape index (κ3) is 3.41. The van der Waals surface area contributed by atoms with Crippen LogP contribution in [0.3, 0.4) is 0 Å². The number of nitrogens with zero attached hydrogens (tertiary/aromatic N) is 2. The molecule has 0 radical (unpaired) electrons. The van der Waals surface area contributed by atoms with E-state index >= 15 is 0 Å². The maximum absolute atomic E-state index is 12.2. The van der Waals surface area contributed by atoms with Crippen molar-refractivity contribution < 1.29 is 9.84 Å². The fourth-order valence-corrected chi connectivity index (χ4v) is 2.29. The SMILES string of the molecule is Cc1c(-n2c(O)c(COC(C)(C)C)[nH]c2=O)ccc(C#N)c1Cl. The molecule has 1 aromatic heterocycles. The molecule has 2 N–H and O–H groups in total. The fourth-order valence-electron chi connectivity index (χ4n) is 2.09. The van der Waals surface area contributed by atoms with Gasteiger partial charge in [0.2, 0.25) is 5.88 Å². The van der Waals surface area contributed by atoms with E-state index in [1.807, 2.05) is 26.8 Å². The molecule has 0 aliphatic heterocycles. The van der Waals surface area contributed by atoms with E-state index in [0.29, 0.717) is 16.8 Å². The quantitative estimate of drug-likeness (QED) is 0.902. The second kappa shape index (κ2) is 6.11. The number of aromatic nitrogens is 2. The Kier molecular flexibility index (Phi) is 4.55. The summed E-state index contributed by atoms with van der Waals surface area (Å²) in [6.45, 7) is 7.39. The van der Waals surface area contributed by atoms with Gasteiger partial charge in [0.05, 0.1) is 28.5 Å². The summed E-state index contributed by atoms with van der Waals surface area (Å²) in [5, 5.41) is 19.6. The van der Waals surface area contributed by atoms with E-state index in [2.05, 4.69) is 4.98 Å². The Morgan fingerprint density at radius 2 is 2.09 bits per heavy atom. The number of nitriles is 1. The number of aromatic amines is 1. The van der Waals surface area contributed by atoms with Crippen LogP contribution in [0.4, 0.5) is 0 Å². The van der Waals surface area contributed by atoms with Crippen LogP contribution in [0.5, 0.6) is 5.88 Å². The first-order chi connectivity index (χ1) is 10.7.